The molecule has 0 aliphatic rings. The number of halogens is 4. The normalized spacial score (nSPS) is 9.55. The van der Waals surface area contributed by atoms with Gasteiger partial charge in [0, 0.05) is 15.9 Å². The number of H-pyrrole nitrogens is 1. The van der Waals surface area contributed by atoms with Crippen LogP contribution in [0, 0.1) is 0 Å². The maximum absolute atomic E-state index is 11.7. The van der Waals surface area contributed by atoms with E-state index in [1.807, 2.05) is 0 Å². The Hall–Kier alpha value is -0.940. The molecule has 1 N–H and O–H groups in total. The van der Waals surface area contributed by atoms with Crippen LogP contribution in [0.1, 0.15) is 27.8 Å². The fourth-order valence-corrected chi connectivity index (χ4v) is 2.35. The van der Waals surface area contributed by atoms with Gasteiger partial charge in [-0.15, -0.1) is 24.8 Å². The van der Waals surface area contributed by atoms with Crippen molar-refractivity contribution >= 4 is 71.2 Å². The van der Waals surface area contributed by atoms with Gasteiger partial charge in [-0.1, -0.05) is 23.2 Å². The number of ether oxygens (including phenoxy) is 1. The van der Waals surface area contributed by atoms with Gasteiger partial charge in [-0.2, -0.15) is 0 Å². The predicted molar refractivity (Wildman–Crippen MR) is 84.2 cm³/mol. The van der Waals surface area contributed by atoms with Gasteiger partial charge in [0.2, 0.25) is 0 Å². The second kappa shape index (κ2) is 7.74. The zero-order valence-corrected chi connectivity index (χ0v) is 13.4. The van der Waals surface area contributed by atoms with E-state index >= 15 is 0 Å². The molecule has 20 heavy (non-hydrogen) atoms. The Morgan fingerprint density at radius 3 is 2.55 bits per heavy atom. The highest BCUT2D eigenvalue weighted by Gasteiger charge is 2.20. The minimum absolute atomic E-state index is 0. The number of aromatic nitrogens is 1. The van der Waals surface area contributed by atoms with E-state index in [9.17, 15) is 9.59 Å². The number of aldehydes is 1. The van der Waals surface area contributed by atoms with Crippen molar-refractivity contribution in [3.63, 3.8) is 0 Å². The van der Waals surface area contributed by atoms with E-state index in [4.69, 9.17) is 27.9 Å². The molecule has 8 heteroatoms. The number of nitrogens with one attached hydrogen (secondary N) is 1. The third kappa shape index (κ3) is 3.38. The summed E-state index contributed by atoms with van der Waals surface area (Å²) in [5, 5.41) is 1.20. The van der Waals surface area contributed by atoms with E-state index in [0.29, 0.717) is 27.2 Å². The van der Waals surface area contributed by atoms with Crippen molar-refractivity contribution in [1.29, 1.82) is 0 Å². The molecule has 0 saturated heterocycles. The maximum Gasteiger partial charge on any atom is 0.355 e. The largest absolute Gasteiger partial charge is 0.461 e. The first-order chi connectivity index (χ1) is 8.58. The average molecular weight is 359 g/mol. The van der Waals surface area contributed by atoms with Crippen LogP contribution in [0.2, 0.25) is 10.0 Å². The number of hydrogen-bond acceptors (Lipinski definition) is 3. The molecule has 0 bridgehead atoms. The van der Waals surface area contributed by atoms with Crippen LogP contribution in [0.25, 0.3) is 10.9 Å². The third-order valence-electron chi connectivity index (χ3n) is 2.45. The van der Waals surface area contributed by atoms with Crippen molar-refractivity contribution in [2.75, 3.05) is 6.61 Å². The van der Waals surface area contributed by atoms with Gasteiger partial charge in [0.05, 0.1) is 17.2 Å². The van der Waals surface area contributed by atoms with Crippen LogP contribution in [0.4, 0.5) is 0 Å². The number of esters is 1. The van der Waals surface area contributed by atoms with Crippen LogP contribution in [0.5, 0.6) is 0 Å². The van der Waals surface area contributed by atoms with Gasteiger partial charge >= 0.3 is 5.97 Å². The topological polar surface area (TPSA) is 59.2 Å². The maximum atomic E-state index is 11.7. The lowest BCUT2D eigenvalue weighted by atomic mass is 10.1. The Morgan fingerprint density at radius 2 is 2.00 bits per heavy atom. The lowest BCUT2D eigenvalue weighted by Gasteiger charge is -1.99. The summed E-state index contributed by atoms with van der Waals surface area (Å²) in [7, 11) is 0. The van der Waals surface area contributed by atoms with E-state index in [1.165, 1.54) is 6.07 Å². The van der Waals surface area contributed by atoms with Crippen LogP contribution in [-0.4, -0.2) is 23.8 Å². The molecule has 0 spiro atoms. The smallest absolute Gasteiger partial charge is 0.355 e. The van der Waals surface area contributed by atoms with E-state index < -0.39 is 5.97 Å². The Kier molecular flexibility index (Phi) is 7.38. The quantitative estimate of drug-likeness (QED) is 0.657. The van der Waals surface area contributed by atoms with Gasteiger partial charge in [-0.25, -0.2) is 4.79 Å². The number of hydrogen-bond donors (Lipinski definition) is 1. The standard InChI is InChI=1S/C12H9Cl2NO3.2ClH/c1-2-18-12(17)11-7(5-16)10-8(14)3-6(13)4-9(10)15-11;;/h3-5,15H,2H2,1H3;2*1H. The molecule has 0 saturated carbocycles. The lowest BCUT2D eigenvalue weighted by molar-refractivity contribution is 0.0518. The number of benzene rings is 1. The third-order valence-corrected chi connectivity index (χ3v) is 2.97. The highest BCUT2D eigenvalue weighted by molar-refractivity contribution is 6.39. The van der Waals surface area contributed by atoms with Crippen molar-refractivity contribution in [2.24, 2.45) is 0 Å². The van der Waals surface area contributed by atoms with Crippen LogP contribution in [0.3, 0.4) is 0 Å². The van der Waals surface area contributed by atoms with Gasteiger partial charge < -0.3 is 9.72 Å². The van der Waals surface area contributed by atoms with E-state index in [2.05, 4.69) is 4.98 Å². The van der Waals surface area contributed by atoms with Crippen molar-refractivity contribution in [2.45, 2.75) is 6.92 Å². The highest BCUT2D eigenvalue weighted by Crippen LogP contribution is 2.31. The summed E-state index contributed by atoms with van der Waals surface area (Å²) >= 11 is 11.9. The predicted octanol–water partition coefficient (Wildman–Crippen LogP) is 4.31. The Balaban J connectivity index is 0.00000180. The van der Waals surface area contributed by atoms with Gasteiger partial charge in [-0.3, -0.25) is 4.79 Å². The summed E-state index contributed by atoms with van der Waals surface area (Å²) in [6.45, 7) is 1.91. The molecule has 2 rings (SSSR count). The minimum Gasteiger partial charge on any atom is -0.461 e. The molecule has 0 aliphatic carbocycles. The fourth-order valence-electron chi connectivity index (χ4n) is 1.76. The van der Waals surface area contributed by atoms with E-state index in [1.54, 1.807) is 13.0 Å². The molecule has 0 fully saturated rings. The first-order valence-corrected chi connectivity index (χ1v) is 5.97. The van der Waals surface area contributed by atoms with Crippen molar-refractivity contribution in [3.8, 4) is 0 Å². The van der Waals surface area contributed by atoms with Gasteiger partial charge in [0.15, 0.2) is 6.29 Å². The van der Waals surface area contributed by atoms with Crippen molar-refractivity contribution < 1.29 is 14.3 Å². The number of fused-ring (bicyclic) bond motifs is 1. The molecule has 1 aromatic carbocycles. The van der Waals surface area contributed by atoms with Gasteiger partial charge in [-0.05, 0) is 19.1 Å². The molecule has 0 unspecified atom stereocenters. The summed E-state index contributed by atoms with van der Waals surface area (Å²) in [5.41, 5.74) is 0.800. The van der Waals surface area contributed by atoms with Crippen LogP contribution in [0.15, 0.2) is 12.1 Å². The Labute approximate surface area is 137 Å². The molecule has 1 heterocycles. The van der Waals surface area contributed by atoms with Crippen LogP contribution in [-0.2, 0) is 4.74 Å². The molecule has 0 amide bonds. The molecule has 2 aromatic rings. The molecular weight excluding hydrogens is 348 g/mol. The summed E-state index contributed by atoms with van der Waals surface area (Å²) < 4.78 is 4.86. The fraction of sp³-hybridized carbons (Fsp3) is 0.167. The molecule has 0 atom stereocenters. The first-order valence-electron chi connectivity index (χ1n) is 5.21. The summed E-state index contributed by atoms with van der Waals surface area (Å²) in [6, 6.07) is 3.11. The highest BCUT2D eigenvalue weighted by atomic mass is 35.5. The molecule has 110 valence electrons. The average Bonchev–Trinajstić information content (AvgIpc) is 2.67. The second-order valence-corrected chi connectivity index (χ2v) is 4.41. The van der Waals surface area contributed by atoms with E-state index in [-0.39, 0.29) is 42.7 Å². The monoisotopic (exact) mass is 357 g/mol. The molecule has 0 aliphatic heterocycles. The van der Waals surface area contributed by atoms with Crippen molar-refractivity contribution in [1.82, 2.24) is 4.98 Å². The molecule has 4 nitrogen and oxygen atoms in total. The lowest BCUT2D eigenvalue weighted by Crippen LogP contribution is -2.07. The minimum atomic E-state index is -0.594. The van der Waals surface area contributed by atoms with Crippen molar-refractivity contribution in [3.05, 3.63) is 33.4 Å². The summed E-state index contributed by atoms with van der Waals surface area (Å²) in [6.07, 6.45) is 0.574. The Bertz CT molecular complexity index is 639. The van der Waals surface area contributed by atoms with Gasteiger partial charge in [0.25, 0.3) is 0 Å². The summed E-state index contributed by atoms with van der Waals surface area (Å²) in [4.78, 5) is 25.6. The first kappa shape index (κ1) is 19.1. The van der Waals surface area contributed by atoms with Gasteiger partial charge in [0.1, 0.15) is 5.69 Å². The zero-order chi connectivity index (χ0) is 13.3. The number of carbonyl (C=O) groups excluding carboxylic acids is 2. The zero-order valence-electron chi connectivity index (χ0n) is 10.2. The number of carbonyl (C=O) groups is 2. The van der Waals surface area contributed by atoms with E-state index in [0.717, 1.165) is 0 Å². The van der Waals surface area contributed by atoms with Crippen LogP contribution >= 0.6 is 48.0 Å². The molecular formula is C12H11Cl4NO3. The molecule has 0 radical (unpaired) electrons. The van der Waals surface area contributed by atoms with Crippen LogP contribution < -0.4 is 0 Å². The number of aromatic amines is 1. The SMILES string of the molecule is CCOC(=O)c1[nH]c2cc(Cl)cc(Cl)c2c1C=O.Cl.Cl. The Morgan fingerprint density at radius 1 is 1.35 bits per heavy atom. The number of rotatable bonds is 3. The summed E-state index contributed by atoms with van der Waals surface area (Å²) in [5.74, 6) is -0.594. The molecule has 1 aromatic heterocycles. The second-order valence-electron chi connectivity index (χ2n) is 3.56.